The smallest absolute Gasteiger partial charge is 0.362 e. The van der Waals surface area contributed by atoms with Crippen LogP contribution in [0.5, 0.6) is 0 Å². The number of carbonyl (C=O) groups is 3. The molecule has 7 nitrogen and oxygen atoms in total. The van der Waals surface area contributed by atoms with Gasteiger partial charge in [0.15, 0.2) is 12.1 Å². The molecule has 0 aromatic heterocycles. The van der Waals surface area contributed by atoms with E-state index in [0.29, 0.717) is 6.42 Å². The molecule has 0 saturated carbocycles. The summed E-state index contributed by atoms with van der Waals surface area (Å²) in [6, 6.07) is -3.41. The monoisotopic (exact) mass is 469 g/mol. The first-order valence-corrected chi connectivity index (χ1v) is 12.9. The van der Waals surface area contributed by atoms with Crippen molar-refractivity contribution in [3.63, 3.8) is 0 Å². The Morgan fingerprint density at radius 1 is 0.697 bits per heavy atom. The minimum Gasteiger partial charge on any atom is -0.544 e. The second-order valence-corrected chi connectivity index (χ2v) is 9.01. The second kappa shape index (κ2) is 17.6. The number of carboxylic acid groups (broad SMARTS) is 3. The van der Waals surface area contributed by atoms with E-state index >= 15 is 0 Å². The van der Waals surface area contributed by atoms with E-state index in [0.717, 1.165) is 19.3 Å². The van der Waals surface area contributed by atoms with Crippen molar-refractivity contribution in [2.45, 2.75) is 129 Å². The lowest BCUT2D eigenvalue weighted by Crippen LogP contribution is -2.73. The number of rotatable bonds is 21. The zero-order valence-corrected chi connectivity index (χ0v) is 21.3. The number of unbranched alkanes of at least 4 members (excludes halogenated alkanes) is 8. The van der Waals surface area contributed by atoms with Crippen LogP contribution in [0, 0.1) is 0 Å². The highest BCUT2D eigenvalue weighted by Gasteiger charge is 2.53. The number of aliphatic carboxylic acids is 3. The highest BCUT2D eigenvalue weighted by atomic mass is 16.4. The zero-order chi connectivity index (χ0) is 25.3. The van der Waals surface area contributed by atoms with Gasteiger partial charge in [0.25, 0.3) is 0 Å². The molecule has 0 aromatic rings. The number of hydrogen-bond donors (Lipinski definition) is 2. The molecule has 0 fully saturated rings. The fraction of sp³-hybridized carbons (Fsp3) is 0.808. The van der Waals surface area contributed by atoms with Crippen molar-refractivity contribution in [3.8, 4) is 0 Å². The first-order valence-electron chi connectivity index (χ1n) is 12.9. The molecule has 0 saturated heterocycles. The minimum absolute atomic E-state index is 0.119. The van der Waals surface area contributed by atoms with Gasteiger partial charge in [-0.25, -0.2) is 9.59 Å². The van der Waals surface area contributed by atoms with Crippen molar-refractivity contribution in [2.24, 2.45) is 0 Å². The molecule has 0 rings (SSSR count). The number of hydrogen-bond acceptors (Lipinski definition) is 4. The van der Waals surface area contributed by atoms with Gasteiger partial charge >= 0.3 is 11.9 Å². The van der Waals surface area contributed by atoms with E-state index in [2.05, 4.69) is 19.1 Å². The molecular weight excluding hydrogens is 422 g/mol. The Labute approximate surface area is 200 Å². The summed E-state index contributed by atoms with van der Waals surface area (Å²) in [6.07, 6.45) is 15.4. The summed E-state index contributed by atoms with van der Waals surface area (Å²) in [4.78, 5) is 36.4. The average Bonchev–Trinajstić information content (AvgIpc) is 2.75. The molecule has 0 radical (unpaired) electrons. The number of allylic oxidation sites excluding steroid dienone is 2. The molecular formula is C26H47NO6. The van der Waals surface area contributed by atoms with Crippen LogP contribution in [0.25, 0.3) is 0 Å². The van der Waals surface area contributed by atoms with Gasteiger partial charge in [0.05, 0.1) is 12.5 Å². The van der Waals surface area contributed by atoms with Crippen LogP contribution in [0.15, 0.2) is 12.2 Å². The Kier molecular flexibility index (Phi) is 16.6. The SMILES string of the molecule is CCCCCCCC/C=C/CCCC[N+](C(CC)C(=O)[O-])(C(CC)C(=O)O)C(CC)C(=O)O. The fourth-order valence-electron chi connectivity index (χ4n) is 5.19. The molecule has 0 aliphatic heterocycles. The van der Waals surface area contributed by atoms with E-state index in [1.54, 1.807) is 20.8 Å². The zero-order valence-electron chi connectivity index (χ0n) is 21.3. The van der Waals surface area contributed by atoms with Gasteiger partial charge in [-0.15, -0.1) is 0 Å². The molecule has 33 heavy (non-hydrogen) atoms. The van der Waals surface area contributed by atoms with Gasteiger partial charge in [0.1, 0.15) is 6.04 Å². The summed E-state index contributed by atoms with van der Waals surface area (Å²) in [5, 5.41) is 31.9. The van der Waals surface area contributed by atoms with E-state index < -0.39 is 40.5 Å². The predicted octanol–water partition coefficient (Wildman–Crippen LogP) is 4.54. The molecule has 192 valence electrons. The van der Waals surface area contributed by atoms with Gasteiger partial charge < -0.3 is 20.1 Å². The third-order valence-electron chi connectivity index (χ3n) is 6.80. The molecule has 2 N–H and O–H groups in total. The maximum Gasteiger partial charge on any atom is 0.362 e. The first kappa shape index (κ1) is 31.1. The Hall–Kier alpha value is -1.89. The molecule has 0 bridgehead atoms. The van der Waals surface area contributed by atoms with E-state index in [1.807, 2.05) is 0 Å². The number of carboxylic acids is 3. The Bertz CT molecular complexity index is 549. The molecule has 0 aromatic carbocycles. The minimum atomic E-state index is -1.38. The summed E-state index contributed by atoms with van der Waals surface area (Å²) in [5.74, 6) is -3.69. The number of quaternary nitrogens is 1. The van der Waals surface area contributed by atoms with Crippen LogP contribution in [0.2, 0.25) is 0 Å². The molecule has 3 atom stereocenters. The topological polar surface area (TPSA) is 115 Å². The lowest BCUT2D eigenvalue weighted by Gasteiger charge is -2.51. The standard InChI is InChI=1S/C26H47NO6/c1-5-9-10-11-12-13-14-15-16-17-18-19-20-27(21(6-2)24(28)29,22(7-3)25(30)31)23(8-4)26(32)33/h15-16,21-23H,5-14,17-20H2,1-4H3,(H2-,28,29,30,31,32,33)/b16-15+. The van der Waals surface area contributed by atoms with E-state index in [-0.39, 0.29) is 25.8 Å². The van der Waals surface area contributed by atoms with E-state index in [9.17, 15) is 29.7 Å². The van der Waals surface area contributed by atoms with Gasteiger partial charge in [-0.05, 0) is 32.1 Å². The lowest BCUT2D eigenvalue weighted by molar-refractivity contribution is -0.974. The van der Waals surface area contributed by atoms with Crippen molar-refractivity contribution in [3.05, 3.63) is 12.2 Å². The lowest BCUT2D eigenvalue weighted by atomic mass is 9.94. The first-order chi connectivity index (χ1) is 15.7. The second-order valence-electron chi connectivity index (χ2n) is 9.01. The largest absolute Gasteiger partial charge is 0.544 e. The predicted molar refractivity (Wildman–Crippen MR) is 129 cm³/mol. The van der Waals surface area contributed by atoms with Crippen LogP contribution < -0.4 is 5.11 Å². The van der Waals surface area contributed by atoms with Gasteiger partial charge in [-0.1, -0.05) is 72.0 Å². The van der Waals surface area contributed by atoms with Gasteiger partial charge in [-0.3, -0.25) is 4.48 Å². The average molecular weight is 470 g/mol. The summed E-state index contributed by atoms with van der Waals surface area (Å²) in [6.45, 7) is 7.40. The van der Waals surface area contributed by atoms with Crippen molar-refractivity contribution in [1.82, 2.24) is 0 Å². The Morgan fingerprint density at radius 3 is 1.52 bits per heavy atom. The third-order valence-corrected chi connectivity index (χ3v) is 6.80. The highest BCUT2D eigenvalue weighted by molar-refractivity contribution is 5.77. The molecule has 0 amide bonds. The molecule has 3 unspecified atom stereocenters. The highest BCUT2D eigenvalue weighted by Crippen LogP contribution is 2.32. The Morgan fingerprint density at radius 2 is 1.12 bits per heavy atom. The van der Waals surface area contributed by atoms with Crippen LogP contribution in [0.4, 0.5) is 0 Å². The summed E-state index contributed by atoms with van der Waals surface area (Å²) in [7, 11) is 0. The van der Waals surface area contributed by atoms with Gasteiger partial charge in [-0.2, -0.15) is 0 Å². The normalized spacial score (nSPS) is 16.2. The van der Waals surface area contributed by atoms with E-state index in [4.69, 9.17) is 0 Å². The van der Waals surface area contributed by atoms with Crippen molar-refractivity contribution < 1.29 is 34.2 Å². The quantitative estimate of drug-likeness (QED) is 0.145. The Balaban J connectivity index is 5.29. The summed E-state index contributed by atoms with van der Waals surface area (Å²) >= 11 is 0. The summed E-state index contributed by atoms with van der Waals surface area (Å²) in [5.41, 5.74) is 0. The van der Waals surface area contributed by atoms with Gasteiger partial charge in [0.2, 0.25) is 0 Å². The van der Waals surface area contributed by atoms with Crippen LogP contribution in [-0.4, -0.2) is 57.3 Å². The van der Waals surface area contributed by atoms with Gasteiger partial charge in [0, 0.05) is 19.3 Å². The number of carbonyl (C=O) groups excluding carboxylic acids is 1. The molecule has 0 aliphatic rings. The van der Waals surface area contributed by atoms with Crippen LogP contribution in [0.1, 0.15) is 111 Å². The molecule has 0 heterocycles. The van der Waals surface area contributed by atoms with Crippen molar-refractivity contribution in [1.29, 1.82) is 0 Å². The third kappa shape index (κ3) is 9.86. The maximum absolute atomic E-state index is 12.1. The number of nitrogens with zero attached hydrogens (tertiary/aromatic N) is 1. The van der Waals surface area contributed by atoms with Crippen LogP contribution in [0.3, 0.4) is 0 Å². The van der Waals surface area contributed by atoms with Crippen molar-refractivity contribution in [2.75, 3.05) is 6.54 Å². The molecule has 0 aliphatic carbocycles. The van der Waals surface area contributed by atoms with E-state index in [1.165, 1.54) is 38.5 Å². The fourth-order valence-corrected chi connectivity index (χ4v) is 5.19. The maximum atomic E-state index is 12.1. The summed E-state index contributed by atoms with van der Waals surface area (Å²) < 4.78 is -0.488. The van der Waals surface area contributed by atoms with Crippen LogP contribution >= 0.6 is 0 Å². The molecule has 0 spiro atoms. The van der Waals surface area contributed by atoms with Crippen LogP contribution in [-0.2, 0) is 14.4 Å². The molecule has 7 heteroatoms. The van der Waals surface area contributed by atoms with Crippen molar-refractivity contribution >= 4 is 17.9 Å².